The number of hydrogen-bond donors (Lipinski definition) is 2. The van der Waals surface area contributed by atoms with E-state index in [1.54, 1.807) is 6.08 Å². The van der Waals surface area contributed by atoms with Gasteiger partial charge in [-0.25, -0.2) is 0 Å². The van der Waals surface area contributed by atoms with Gasteiger partial charge in [-0.05, 0) is 0 Å². The maximum absolute atomic E-state index is 11.1. The molecule has 0 spiro atoms. The molecule has 1 aliphatic heterocycles. The number of rotatable bonds is 4. The van der Waals surface area contributed by atoms with Crippen molar-refractivity contribution in [2.24, 2.45) is 5.73 Å². The van der Waals surface area contributed by atoms with Gasteiger partial charge >= 0.3 is 0 Å². The molecule has 0 radical (unpaired) electrons. The molecule has 0 aromatic rings. The monoisotopic (exact) mass is 170 g/mol. The Balaban J connectivity index is 2.21. The van der Waals surface area contributed by atoms with E-state index in [1.165, 1.54) is 0 Å². The minimum Gasteiger partial charge on any atom is -0.377 e. The molecule has 0 saturated carbocycles. The fourth-order valence-corrected chi connectivity index (χ4v) is 1.03. The first-order valence-electron chi connectivity index (χ1n) is 3.90. The summed E-state index contributed by atoms with van der Waals surface area (Å²) in [5.74, 6) is -0.0410. The number of ether oxygens (including phenoxy) is 1. The van der Waals surface area contributed by atoms with Crippen LogP contribution in [0.15, 0.2) is 12.7 Å². The van der Waals surface area contributed by atoms with E-state index in [0.717, 1.165) is 0 Å². The average Bonchev–Trinajstić information content (AvgIpc) is 1.98. The highest BCUT2D eigenvalue weighted by Gasteiger charge is 2.36. The van der Waals surface area contributed by atoms with Crippen LogP contribution in [0.4, 0.5) is 0 Å². The summed E-state index contributed by atoms with van der Waals surface area (Å²) in [6.45, 7) is 4.95. The molecule has 0 atom stereocenters. The van der Waals surface area contributed by atoms with Crippen LogP contribution < -0.4 is 11.1 Å². The van der Waals surface area contributed by atoms with Crippen molar-refractivity contribution >= 4 is 5.91 Å². The Morgan fingerprint density at radius 2 is 2.42 bits per heavy atom. The third-order valence-electron chi connectivity index (χ3n) is 1.74. The third-order valence-corrected chi connectivity index (χ3v) is 1.74. The summed E-state index contributed by atoms with van der Waals surface area (Å²) in [7, 11) is 0. The summed E-state index contributed by atoms with van der Waals surface area (Å²) < 4.78 is 4.92. The van der Waals surface area contributed by atoms with E-state index in [0.29, 0.717) is 26.2 Å². The molecule has 1 fully saturated rings. The van der Waals surface area contributed by atoms with Gasteiger partial charge in [0.05, 0.1) is 18.8 Å². The minimum absolute atomic E-state index is 0.0410. The zero-order valence-corrected chi connectivity index (χ0v) is 7.01. The molecule has 0 aromatic carbocycles. The van der Waals surface area contributed by atoms with Crippen molar-refractivity contribution in [3.05, 3.63) is 12.7 Å². The number of amides is 1. The molecule has 0 bridgehead atoms. The van der Waals surface area contributed by atoms with E-state index in [9.17, 15) is 4.79 Å². The summed E-state index contributed by atoms with van der Waals surface area (Å²) in [6, 6.07) is 0. The van der Waals surface area contributed by atoms with E-state index in [1.807, 2.05) is 0 Å². The molecule has 1 heterocycles. The molecule has 1 saturated heterocycles. The lowest BCUT2D eigenvalue weighted by Crippen LogP contribution is -2.59. The summed E-state index contributed by atoms with van der Waals surface area (Å²) in [4.78, 5) is 11.1. The van der Waals surface area contributed by atoms with Gasteiger partial charge in [-0.2, -0.15) is 0 Å². The van der Waals surface area contributed by atoms with Crippen molar-refractivity contribution in [2.75, 3.05) is 19.8 Å². The Morgan fingerprint density at radius 1 is 1.75 bits per heavy atom. The van der Waals surface area contributed by atoms with E-state index in [4.69, 9.17) is 10.5 Å². The van der Waals surface area contributed by atoms with Gasteiger partial charge in [0.1, 0.15) is 0 Å². The molecule has 0 unspecified atom stereocenters. The molecule has 0 aromatic heterocycles. The second-order valence-electron chi connectivity index (χ2n) is 3.12. The van der Waals surface area contributed by atoms with Crippen LogP contribution in [0, 0.1) is 0 Å². The topological polar surface area (TPSA) is 64.4 Å². The largest absolute Gasteiger partial charge is 0.377 e. The fourth-order valence-electron chi connectivity index (χ4n) is 1.03. The average molecular weight is 170 g/mol. The van der Waals surface area contributed by atoms with Crippen LogP contribution in [0.2, 0.25) is 0 Å². The van der Waals surface area contributed by atoms with Crippen molar-refractivity contribution in [1.29, 1.82) is 0 Å². The third kappa shape index (κ3) is 2.32. The standard InChI is InChI=1S/C8H14N2O2/c1-2-3-10-7(11)4-8(9)5-12-6-8/h2H,1,3-6,9H2,(H,10,11). The summed E-state index contributed by atoms with van der Waals surface area (Å²) in [5.41, 5.74) is 5.34. The highest BCUT2D eigenvalue weighted by atomic mass is 16.5. The van der Waals surface area contributed by atoms with Gasteiger partial charge in [-0.1, -0.05) is 6.08 Å². The van der Waals surface area contributed by atoms with Crippen LogP contribution in [0.25, 0.3) is 0 Å². The van der Waals surface area contributed by atoms with Crippen molar-refractivity contribution in [2.45, 2.75) is 12.0 Å². The lowest BCUT2D eigenvalue weighted by Gasteiger charge is -2.37. The van der Waals surface area contributed by atoms with Crippen LogP contribution in [-0.4, -0.2) is 31.2 Å². The van der Waals surface area contributed by atoms with E-state index >= 15 is 0 Å². The number of carbonyl (C=O) groups excluding carboxylic acids is 1. The zero-order valence-electron chi connectivity index (χ0n) is 7.01. The molecule has 1 amide bonds. The predicted molar refractivity (Wildman–Crippen MR) is 45.6 cm³/mol. The second-order valence-corrected chi connectivity index (χ2v) is 3.12. The van der Waals surface area contributed by atoms with Gasteiger partial charge in [0.25, 0.3) is 0 Å². The molecule has 1 rings (SSSR count). The molecule has 1 aliphatic rings. The first kappa shape index (κ1) is 9.22. The smallest absolute Gasteiger partial charge is 0.222 e. The van der Waals surface area contributed by atoms with Gasteiger partial charge < -0.3 is 15.8 Å². The van der Waals surface area contributed by atoms with Crippen molar-refractivity contribution in [1.82, 2.24) is 5.32 Å². The van der Waals surface area contributed by atoms with Crippen molar-refractivity contribution < 1.29 is 9.53 Å². The van der Waals surface area contributed by atoms with Gasteiger partial charge in [0, 0.05) is 13.0 Å². The van der Waals surface area contributed by atoms with E-state index in [2.05, 4.69) is 11.9 Å². The maximum Gasteiger partial charge on any atom is 0.222 e. The van der Waals surface area contributed by atoms with Gasteiger partial charge in [-0.15, -0.1) is 6.58 Å². The summed E-state index contributed by atoms with van der Waals surface area (Å²) in [5, 5.41) is 2.66. The normalized spacial score (nSPS) is 19.4. The molecule has 4 nitrogen and oxygen atoms in total. The van der Waals surface area contributed by atoms with Crippen LogP contribution in [0.1, 0.15) is 6.42 Å². The van der Waals surface area contributed by atoms with Gasteiger partial charge in [0.2, 0.25) is 5.91 Å². The SMILES string of the molecule is C=CCNC(=O)CC1(N)COC1. The fraction of sp³-hybridized carbons (Fsp3) is 0.625. The Labute approximate surface area is 71.8 Å². The Kier molecular flexibility index (Phi) is 2.83. The Bertz CT molecular complexity index is 187. The Morgan fingerprint density at radius 3 is 2.83 bits per heavy atom. The molecule has 4 heteroatoms. The molecule has 3 N–H and O–H groups in total. The zero-order chi connectivity index (χ0) is 9.03. The first-order valence-corrected chi connectivity index (χ1v) is 3.90. The highest BCUT2D eigenvalue weighted by Crippen LogP contribution is 2.16. The van der Waals surface area contributed by atoms with Gasteiger partial charge in [0.15, 0.2) is 0 Å². The number of carbonyl (C=O) groups is 1. The molecule has 68 valence electrons. The van der Waals surface area contributed by atoms with Crippen molar-refractivity contribution in [3.8, 4) is 0 Å². The van der Waals surface area contributed by atoms with Crippen molar-refractivity contribution in [3.63, 3.8) is 0 Å². The van der Waals surface area contributed by atoms with Crippen LogP contribution in [0.5, 0.6) is 0 Å². The summed E-state index contributed by atoms with van der Waals surface area (Å²) >= 11 is 0. The van der Waals surface area contributed by atoms with Gasteiger partial charge in [-0.3, -0.25) is 4.79 Å². The minimum atomic E-state index is -0.425. The molecular weight excluding hydrogens is 156 g/mol. The quantitative estimate of drug-likeness (QED) is 0.554. The van der Waals surface area contributed by atoms with Crippen LogP contribution >= 0.6 is 0 Å². The number of nitrogens with one attached hydrogen (secondary N) is 1. The lowest BCUT2D eigenvalue weighted by atomic mass is 9.94. The second kappa shape index (κ2) is 3.69. The first-order chi connectivity index (χ1) is 5.66. The predicted octanol–water partition coefficient (Wildman–Crippen LogP) is -0.594. The molecule has 0 aliphatic carbocycles. The highest BCUT2D eigenvalue weighted by molar-refractivity contribution is 5.77. The van der Waals surface area contributed by atoms with Crippen LogP contribution in [0.3, 0.4) is 0 Å². The lowest BCUT2D eigenvalue weighted by molar-refractivity contribution is -0.128. The van der Waals surface area contributed by atoms with Crippen LogP contribution in [-0.2, 0) is 9.53 Å². The van der Waals surface area contributed by atoms with E-state index in [-0.39, 0.29) is 5.91 Å². The Hall–Kier alpha value is -0.870. The molecule has 12 heavy (non-hydrogen) atoms. The number of nitrogens with two attached hydrogens (primary N) is 1. The maximum atomic E-state index is 11.1. The molecular formula is C8H14N2O2. The van der Waals surface area contributed by atoms with E-state index < -0.39 is 5.54 Å². The summed E-state index contributed by atoms with van der Waals surface area (Å²) in [6.07, 6.45) is 1.97. The number of hydrogen-bond acceptors (Lipinski definition) is 3.